The van der Waals surface area contributed by atoms with E-state index >= 15 is 0 Å². The number of ether oxygens (including phenoxy) is 2. The number of fused-ring (bicyclic) bond motifs is 1. The Balaban J connectivity index is 1.72. The Labute approximate surface area is 112 Å². The summed E-state index contributed by atoms with van der Waals surface area (Å²) in [5.74, 6) is 1.64. The fourth-order valence-corrected chi connectivity index (χ4v) is 2.02. The van der Waals surface area contributed by atoms with Crippen molar-refractivity contribution in [3.05, 3.63) is 36.4 Å². The van der Waals surface area contributed by atoms with Gasteiger partial charge in [-0.15, -0.1) is 0 Å². The fourth-order valence-electron chi connectivity index (χ4n) is 2.02. The lowest BCUT2D eigenvalue weighted by atomic mass is 10.2. The third-order valence-corrected chi connectivity index (χ3v) is 3.14. The second kappa shape index (κ2) is 5.22. The van der Waals surface area contributed by atoms with Crippen LogP contribution < -0.4 is 14.8 Å². The lowest BCUT2D eigenvalue weighted by molar-refractivity contribution is 0.297. The van der Waals surface area contributed by atoms with Crippen LogP contribution in [0.15, 0.2) is 30.7 Å². The highest BCUT2D eigenvalue weighted by Gasteiger charge is 2.10. The van der Waals surface area contributed by atoms with Crippen LogP contribution in [0.25, 0.3) is 0 Å². The minimum absolute atomic E-state index is 0.707. The Morgan fingerprint density at radius 2 is 2.11 bits per heavy atom. The van der Waals surface area contributed by atoms with Crippen LogP contribution in [0.1, 0.15) is 12.1 Å². The molecule has 0 saturated carbocycles. The van der Waals surface area contributed by atoms with Gasteiger partial charge in [-0.05, 0) is 12.1 Å². The second-order valence-electron chi connectivity index (χ2n) is 4.56. The van der Waals surface area contributed by atoms with Gasteiger partial charge in [0.25, 0.3) is 0 Å². The Morgan fingerprint density at radius 3 is 2.89 bits per heavy atom. The molecule has 0 amide bonds. The molecule has 0 radical (unpaired) electrons. The van der Waals surface area contributed by atoms with E-state index in [4.69, 9.17) is 9.47 Å². The van der Waals surface area contributed by atoms with Crippen LogP contribution in [-0.2, 0) is 13.6 Å². The lowest BCUT2D eigenvalue weighted by Crippen LogP contribution is -2.04. The van der Waals surface area contributed by atoms with Crippen molar-refractivity contribution < 1.29 is 9.47 Å². The van der Waals surface area contributed by atoms with E-state index in [2.05, 4.69) is 10.3 Å². The van der Waals surface area contributed by atoms with E-state index in [0.717, 1.165) is 42.5 Å². The molecule has 0 unspecified atom stereocenters. The highest BCUT2D eigenvalue weighted by atomic mass is 16.5. The first-order chi connectivity index (χ1) is 9.33. The summed E-state index contributed by atoms with van der Waals surface area (Å²) >= 11 is 0. The highest BCUT2D eigenvalue weighted by Crippen LogP contribution is 2.32. The summed E-state index contributed by atoms with van der Waals surface area (Å²) < 4.78 is 13.3. The smallest absolute Gasteiger partial charge is 0.163 e. The van der Waals surface area contributed by atoms with Crippen molar-refractivity contribution in [2.45, 2.75) is 13.0 Å². The largest absolute Gasteiger partial charge is 0.490 e. The van der Waals surface area contributed by atoms with Crippen molar-refractivity contribution in [1.29, 1.82) is 0 Å². The van der Waals surface area contributed by atoms with Gasteiger partial charge in [-0.3, -0.25) is 0 Å². The molecule has 0 saturated heterocycles. The number of rotatable bonds is 3. The standard InChI is InChI=1S/C14H17N3O2/c1-17-10-15-8-12(17)9-16-11-3-4-13-14(7-11)19-6-2-5-18-13/h3-4,7-8,10,16H,2,5-6,9H2,1H3. The van der Waals surface area contributed by atoms with Gasteiger partial charge in [0.05, 0.1) is 31.8 Å². The molecule has 19 heavy (non-hydrogen) atoms. The number of anilines is 1. The SMILES string of the molecule is Cn1cncc1CNc1ccc2c(c1)OCCCO2. The number of aryl methyl sites for hydroxylation is 1. The number of benzene rings is 1. The van der Waals surface area contributed by atoms with Gasteiger partial charge in [0.1, 0.15) is 0 Å². The molecule has 1 aliphatic heterocycles. The van der Waals surface area contributed by atoms with E-state index in [9.17, 15) is 0 Å². The Bertz CT molecular complexity index is 566. The summed E-state index contributed by atoms with van der Waals surface area (Å²) in [6, 6.07) is 5.94. The topological polar surface area (TPSA) is 48.3 Å². The van der Waals surface area contributed by atoms with Crippen LogP contribution in [0, 0.1) is 0 Å². The van der Waals surface area contributed by atoms with Crippen LogP contribution in [0.2, 0.25) is 0 Å². The number of hydrogen-bond donors (Lipinski definition) is 1. The van der Waals surface area contributed by atoms with Crippen LogP contribution in [0.4, 0.5) is 5.69 Å². The first-order valence-electron chi connectivity index (χ1n) is 6.41. The molecule has 0 bridgehead atoms. The van der Waals surface area contributed by atoms with Gasteiger partial charge in [0.2, 0.25) is 0 Å². The summed E-state index contributed by atoms with van der Waals surface area (Å²) in [4.78, 5) is 4.09. The highest BCUT2D eigenvalue weighted by molar-refractivity contribution is 5.55. The van der Waals surface area contributed by atoms with Gasteiger partial charge in [-0.25, -0.2) is 4.98 Å². The number of aromatic nitrogens is 2. The zero-order valence-electron chi connectivity index (χ0n) is 10.9. The van der Waals surface area contributed by atoms with Crippen molar-refractivity contribution in [2.75, 3.05) is 18.5 Å². The predicted octanol–water partition coefficient (Wildman–Crippen LogP) is 2.19. The molecule has 1 N–H and O–H groups in total. The lowest BCUT2D eigenvalue weighted by Gasteiger charge is -2.11. The van der Waals surface area contributed by atoms with E-state index in [1.54, 1.807) is 6.33 Å². The number of imidazole rings is 1. The molecule has 0 atom stereocenters. The summed E-state index contributed by atoms with van der Waals surface area (Å²) in [7, 11) is 1.98. The van der Waals surface area contributed by atoms with Crippen molar-refractivity contribution in [3.63, 3.8) is 0 Å². The first kappa shape index (κ1) is 11.9. The second-order valence-corrected chi connectivity index (χ2v) is 4.56. The van der Waals surface area contributed by atoms with E-state index in [1.165, 1.54) is 0 Å². The molecule has 1 aromatic heterocycles. The fraction of sp³-hybridized carbons (Fsp3) is 0.357. The van der Waals surface area contributed by atoms with Crippen LogP contribution >= 0.6 is 0 Å². The van der Waals surface area contributed by atoms with Gasteiger partial charge >= 0.3 is 0 Å². The zero-order chi connectivity index (χ0) is 13.1. The Hall–Kier alpha value is -2.17. The summed E-state index contributed by atoms with van der Waals surface area (Å²) in [5.41, 5.74) is 2.15. The predicted molar refractivity (Wildman–Crippen MR) is 72.6 cm³/mol. The Morgan fingerprint density at radius 1 is 1.26 bits per heavy atom. The van der Waals surface area contributed by atoms with E-state index in [0.29, 0.717) is 6.61 Å². The molecule has 3 rings (SSSR count). The van der Waals surface area contributed by atoms with E-state index < -0.39 is 0 Å². The average Bonchev–Trinajstić information content (AvgIpc) is 2.70. The van der Waals surface area contributed by atoms with Crippen LogP contribution in [-0.4, -0.2) is 22.8 Å². The minimum atomic E-state index is 0.707. The molecule has 2 heterocycles. The molecular formula is C14H17N3O2. The molecule has 5 heteroatoms. The number of nitrogens with zero attached hydrogens (tertiary/aromatic N) is 2. The van der Waals surface area contributed by atoms with Gasteiger partial charge in [-0.2, -0.15) is 0 Å². The van der Waals surface area contributed by atoms with Crippen molar-refractivity contribution >= 4 is 5.69 Å². The van der Waals surface area contributed by atoms with Crippen molar-refractivity contribution in [3.8, 4) is 11.5 Å². The molecule has 0 aliphatic carbocycles. The molecule has 5 nitrogen and oxygen atoms in total. The maximum Gasteiger partial charge on any atom is 0.163 e. The van der Waals surface area contributed by atoms with Gasteiger partial charge in [-0.1, -0.05) is 0 Å². The molecule has 100 valence electrons. The average molecular weight is 259 g/mol. The van der Waals surface area contributed by atoms with E-state index in [-0.39, 0.29) is 0 Å². The molecule has 0 spiro atoms. The van der Waals surface area contributed by atoms with Crippen molar-refractivity contribution in [1.82, 2.24) is 9.55 Å². The third-order valence-electron chi connectivity index (χ3n) is 3.14. The Kier molecular flexibility index (Phi) is 3.27. The zero-order valence-corrected chi connectivity index (χ0v) is 10.9. The molecular weight excluding hydrogens is 242 g/mol. The monoisotopic (exact) mass is 259 g/mol. The quantitative estimate of drug-likeness (QED) is 0.918. The van der Waals surface area contributed by atoms with E-state index in [1.807, 2.05) is 36.0 Å². The molecule has 2 aromatic rings. The molecule has 0 fully saturated rings. The summed E-state index contributed by atoms with van der Waals surface area (Å²) in [6.07, 6.45) is 4.58. The summed E-state index contributed by atoms with van der Waals surface area (Å²) in [6.45, 7) is 2.16. The van der Waals surface area contributed by atoms with Crippen LogP contribution in [0.5, 0.6) is 11.5 Å². The number of nitrogens with one attached hydrogen (secondary N) is 1. The minimum Gasteiger partial charge on any atom is -0.490 e. The molecule has 1 aliphatic rings. The summed E-state index contributed by atoms with van der Waals surface area (Å²) in [5, 5.41) is 3.36. The number of hydrogen-bond acceptors (Lipinski definition) is 4. The maximum absolute atomic E-state index is 5.67. The van der Waals surface area contributed by atoms with Crippen LogP contribution in [0.3, 0.4) is 0 Å². The molecule has 1 aromatic carbocycles. The van der Waals surface area contributed by atoms with Gasteiger partial charge in [0.15, 0.2) is 11.5 Å². The first-order valence-corrected chi connectivity index (χ1v) is 6.41. The maximum atomic E-state index is 5.67. The van der Waals surface area contributed by atoms with Gasteiger partial charge in [0, 0.05) is 31.4 Å². The third kappa shape index (κ3) is 2.65. The van der Waals surface area contributed by atoms with Gasteiger partial charge < -0.3 is 19.4 Å². The normalized spacial score (nSPS) is 13.9. The van der Waals surface area contributed by atoms with Crippen molar-refractivity contribution in [2.24, 2.45) is 7.05 Å².